The molecule has 30 heavy (non-hydrogen) atoms. The average molecular weight is 517 g/mol. The van der Waals surface area contributed by atoms with Crippen LogP contribution in [0.2, 0.25) is 0 Å². The van der Waals surface area contributed by atoms with Crippen molar-refractivity contribution in [2.45, 2.75) is 6.92 Å². The van der Waals surface area contributed by atoms with Crippen molar-refractivity contribution >= 4 is 50.6 Å². The molecule has 0 aliphatic rings. The quantitative estimate of drug-likeness (QED) is 0.284. The van der Waals surface area contributed by atoms with Crippen molar-refractivity contribution in [3.8, 4) is 11.3 Å². The maximum atomic E-state index is 14.5. The van der Waals surface area contributed by atoms with E-state index in [1.165, 1.54) is 10.6 Å². The fourth-order valence-corrected chi connectivity index (χ4v) is 3.87. The molecular weight excluding hydrogens is 500 g/mol. The Balaban J connectivity index is 2.08. The number of pyridine rings is 1. The zero-order valence-electron chi connectivity index (χ0n) is 16.1. The molecule has 2 aromatic heterocycles. The second-order valence-electron chi connectivity index (χ2n) is 6.86. The third kappa shape index (κ3) is 3.34. The van der Waals surface area contributed by atoms with Crippen LogP contribution in [-0.4, -0.2) is 14.8 Å². The van der Waals surface area contributed by atoms with E-state index in [9.17, 15) is 14.0 Å². The van der Waals surface area contributed by atoms with Crippen LogP contribution in [0.25, 0.3) is 22.2 Å². The second-order valence-corrected chi connectivity index (χ2v) is 8.11. The molecule has 9 heteroatoms. The summed E-state index contributed by atoms with van der Waals surface area (Å²) in [6.45, 7) is 1.59. The van der Waals surface area contributed by atoms with Crippen molar-refractivity contribution in [3.63, 3.8) is 0 Å². The summed E-state index contributed by atoms with van der Waals surface area (Å²) in [6.07, 6.45) is 0. The molecule has 0 spiro atoms. The van der Waals surface area contributed by atoms with Crippen molar-refractivity contribution in [1.29, 1.82) is 0 Å². The Morgan fingerprint density at radius 3 is 2.67 bits per heavy atom. The standard InChI is InChI=1S/C21H17FIN5O2/c1-10-17(25-15-7-6-12(23)9-14(15)22)16-19(28(2)21(10)30)18(26-27-20(16)29)11-4-3-5-13(24)8-11/h3-9,25H,24H2,1-2H3,(H,27,29). The molecule has 4 aromatic rings. The van der Waals surface area contributed by atoms with Gasteiger partial charge >= 0.3 is 0 Å². The highest BCUT2D eigenvalue weighted by Gasteiger charge is 2.20. The maximum Gasteiger partial charge on any atom is 0.275 e. The molecule has 0 atom stereocenters. The number of fused-ring (bicyclic) bond motifs is 1. The molecule has 0 fully saturated rings. The van der Waals surface area contributed by atoms with Crippen LogP contribution in [0.1, 0.15) is 5.56 Å². The van der Waals surface area contributed by atoms with E-state index in [0.717, 1.165) is 3.57 Å². The van der Waals surface area contributed by atoms with Crippen molar-refractivity contribution < 1.29 is 4.39 Å². The molecule has 7 nitrogen and oxygen atoms in total. The summed E-state index contributed by atoms with van der Waals surface area (Å²) in [5.41, 5.74) is 7.65. The van der Waals surface area contributed by atoms with Gasteiger partial charge in [-0.25, -0.2) is 9.49 Å². The van der Waals surface area contributed by atoms with Gasteiger partial charge in [0, 0.05) is 27.4 Å². The number of anilines is 3. The molecule has 0 aliphatic carbocycles. The fourth-order valence-electron chi connectivity index (χ4n) is 3.42. The topological polar surface area (TPSA) is 106 Å². The van der Waals surface area contributed by atoms with E-state index < -0.39 is 11.4 Å². The molecule has 4 N–H and O–H groups in total. The summed E-state index contributed by atoms with van der Waals surface area (Å²) >= 11 is 2.01. The first-order chi connectivity index (χ1) is 14.3. The Morgan fingerprint density at radius 1 is 1.20 bits per heavy atom. The number of aromatic amines is 1. The summed E-state index contributed by atoms with van der Waals surface area (Å²) in [4.78, 5) is 25.8. The molecule has 0 saturated carbocycles. The number of aryl methyl sites for hydroxylation is 1. The van der Waals surface area contributed by atoms with Crippen LogP contribution < -0.4 is 22.2 Å². The third-order valence-corrected chi connectivity index (χ3v) is 5.57. The number of rotatable bonds is 3. The molecular formula is C21H17FIN5O2. The number of nitrogens with one attached hydrogen (secondary N) is 2. The summed E-state index contributed by atoms with van der Waals surface area (Å²) < 4.78 is 16.6. The average Bonchev–Trinajstić information content (AvgIpc) is 2.71. The zero-order valence-corrected chi connectivity index (χ0v) is 18.2. The van der Waals surface area contributed by atoms with Crippen molar-refractivity contribution in [2.24, 2.45) is 7.05 Å². The predicted molar refractivity (Wildman–Crippen MR) is 125 cm³/mol. The van der Waals surface area contributed by atoms with Crippen LogP contribution in [0.15, 0.2) is 52.1 Å². The van der Waals surface area contributed by atoms with Crippen LogP contribution in [-0.2, 0) is 7.05 Å². The molecule has 152 valence electrons. The Morgan fingerprint density at radius 2 is 1.97 bits per heavy atom. The Bertz CT molecular complexity index is 1430. The lowest BCUT2D eigenvalue weighted by Gasteiger charge is -2.17. The predicted octanol–water partition coefficient (Wildman–Crippen LogP) is 3.67. The number of halogens is 2. The van der Waals surface area contributed by atoms with Crippen molar-refractivity contribution in [2.75, 3.05) is 11.1 Å². The smallest absolute Gasteiger partial charge is 0.275 e. The van der Waals surface area contributed by atoms with Gasteiger partial charge in [-0.3, -0.25) is 9.59 Å². The number of nitrogens with two attached hydrogens (primary N) is 1. The van der Waals surface area contributed by atoms with Gasteiger partial charge in [0.1, 0.15) is 11.5 Å². The van der Waals surface area contributed by atoms with Crippen LogP contribution in [0.5, 0.6) is 0 Å². The number of hydrogen-bond acceptors (Lipinski definition) is 5. The first-order valence-corrected chi connectivity index (χ1v) is 10.1. The summed E-state index contributed by atoms with van der Waals surface area (Å²) in [5, 5.41) is 9.81. The monoisotopic (exact) mass is 517 g/mol. The van der Waals surface area contributed by atoms with Gasteiger partial charge in [-0.15, -0.1) is 0 Å². The minimum absolute atomic E-state index is 0.162. The van der Waals surface area contributed by atoms with Crippen molar-refractivity contribution in [1.82, 2.24) is 14.8 Å². The largest absolute Gasteiger partial charge is 0.399 e. The van der Waals surface area contributed by atoms with Crippen LogP contribution >= 0.6 is 22.6 Å². The first-order valence-electron chi connectivity index (χ1n) is 8.98. The van der Waals surface area contributed by atoms with Gasteiger partial charge in [0.15, 0.2) is 0 Å². The first kappa shape index (κ1) is 20.1. The van der Waals surface area contributed by atoms with Crippen LogP contribution in [0, 0.1) is 16.3 Å². The summed E-state index contributed by atoms with van der Waals surface area (Å²) in [5.74, 6) is -0.489. The number of hydrogen-bond donors (Lipinski definition) is 3. The second kappa shape index (κ2) is 7.56. The molecule has 0 radical (unpaired) electrons. The molecule has 0 saturated heterocycles. The van der Waals surface area contributed by atoms with Gasteiger partial charge in [-0.1, -0.05) is 12.1 Å². The summed E-state index contributed by atoms with van der Waals surface area (Å²) in [6, 6.07) is 11.6. The lowest BCUT2D eigenvalue weighted by molar-refractivity contribution is 0.631. The van der Waals surface area contributed by atoms with Crippen molar-refractivity contribution in [3.05, 3.63) is 78.1 Å². The highest BCUT2D eigenvalue weighted by molar-refractivity contribution is 14.1. The molecule has 4 rings (SSSR count). The van der Waals surface area contributed by atoms with E-state index >= 15 is 0 Å². The number of H-pyrrole nitrogens is 1. The normalized spacial score (nSPS) is 11.1. The number of aromatic nitrogens is 3. The van der Waals surface area contributed by atoms with Gasteiger partial charge in [0.25, 0.3) is 11.1 Å². The van der Waals surface area contributed by atoms with E-state index in [0.29, 0.717) is 22.5 Å². The number of nitrogens with zero attached hydrogens (tertiary/aromatic N) is 2. The molecule has 0 aliphatic heterocycles. The Kier molecular flexibility index (Phi) is 5.06. The van der Waals surface area contributed by atoms with E-state index in [2.05, 4.69) is 15.5 Å². The SMILES string of the molecule is Cc1c(Nc2ccc(I)cc2F)c2c(=O)[nH]nc(-c3cccc(N)c3)c2n(C)c1=O. The highest BCUT2D eigenvalue weighted by Crippen LogP contribution is 2.31. The molecule has 0 unspecified atom stereocenters. The fraction of sp³-hybridized carbons (Fsp3) is 0.0952. The van der Waals surface area contributed by atoms with E-state index in [4.69, 9.17) is 5.73 Å². The number of benzene rings is 2. The Labute approximate surface area is 183 Å². The lowest BCUT2D eigenvalue weighted by Crippen LogP contribution is -2.25. The lowest BCUT2D eigenvalue weighted by atomic mass is 10.0. The Hall–Kier alpha value is -3.21. The molecule has 2 heterocycles. The van der Waals surface area contributed by atoms with Gasteiger partial charge in [0.2, 0.25) is 0 Å². The molecule has 0 bridgehead atoms. The van der Waals surface area contributed by atoms with Gasteiger partial charge in [-0.2, -0.15) is 5.10 Å². The highest BCUT2D eigenvalue weighted by atomic mass is 127. The minimum atomic E-state index is -0.496. The van der Waals surface area contributed by atoms with Gasteiger partial charge < -0.3 is 15.6 Å². The van der Waals surface area contributed by atoms with Gasteiger partial charge in [-0.05, 0) is 59.8 Å². The number of nitrogen functional groups attached to an aromatic ring is 1. The molecule has 2 aromatic carbocycles. The van der Waals surface area contributed by atoms with Gasteiger partial charge in [0.05, 0.1) is 22.3 Å². The van der Waals surface area contributed by atoms with E-state index in [1.807, 2.05) is 22.6 Å². The zero-order chi connectivity index (χ0) is 21.6. The van der Waals surface area contributed by atoms with Crippen LogP contribution in [0.4, 0.5) is 21.5 Å². The maximum absolute atomic E-state index is 14.5. The minimum Gasteiger partial charge on any atom is -0.399 e. The van der Waals surface area contributed by atoms with Crippen LogP contribution in [0.3, 0.4) is 0 Å². The van der Waals surface area contributed by atoms with E-state index in [1.54, 1.807) is 50.4 Å². The molecule has 0 amide bonds. The summed E-state index contributed by atoms with van der Waals surface area (Å²) in [7, 11) is 1.57. The third-order valence-electron chi connectivity index (χ3n) is 4.89. The van der Waals surface area contributed by atoms with E-state index in [-0.39, 0.29) is 27.9 Å².